The number of rotatable bonds is 16. The van der Waals surface area contributed by atoms with Crippen LogP contribution < -0.4 is 4.31 Å². The molecule has 6 nitrogen and oxygen atoms in total. The van der Waals surface area contributed by atoms with Crippen molar-refractivity contribution in [2.75, 3.05) is 30.3 Å². The number of hydrogen-bond donors (Lipinski definition) is 1. The SMILES string of the molecule is CC[Si](CC)(CC)OC(CN(CCO)Cc1ccccc1)c1cccc(N(Cc2ccccc2)S(C)(=O)=O)c1. The topological polar surface area (TPSA) is 70.1 Å². The van der Waals surface area contributed by atoms with E-state index in [1.54, 1.807) is 0 Å². The predicted octanol–water partition coefficient (Wildman–Crippen LogP) is 6.21. The molecule has 0 amide bonds. The Balaban J connectivity index is 2.00. The maximum atomic E-state index is 12.9. The van der Waals surface area contributed by atoms with Crippen LogP contribution >= 0.6 is 0 Å². The van der Waals surface area contributed by atoms with Crippen LogP contribution in [-0.4, -0.2) is 52.7 Å². The maximum absolute atomic E-state index is 12.9. The van der Waals surface area contributed by atoms with E-state index in [1.165, 1.54) is 16.1 Å². The summed E-state index contributed by atoms with van der Waals surface area (Å²) in [6.45, 7) is 8.78. The Morgan fingerprint density at radius 2 is 1.38 bits per heavy atom. The highest BCUT2D eigenvalue weighted by atomic mass is 32.2. The van der Waals surface area contributed by atoms with Crippen molar-refractivity contribution in [3.05, 3.63) is 102 Å². The van der Waals surface area contributed by atoms with Gasteiger partial charge in [0.2, 0.25) is 10.0 Å². The summed E-state index contributed by atoms with van der Waals surface area (Å²) in [4.78, 5) is 2.23. The Morgan fingerprint density at radius 3 is 1.90 bits per heavy atom. The number of anilines is 1. The van der Waals surface area contributed by atoms with Gasteiger partial charge in [-0.2, -0.15) is 0 Å². The van der Waals surface area contributed by atoms with Crippen molar-refractivity contribution >= 4 is 24.0 Å². The van der Waals surface area contributed by atoms with Gasteiger partial charge in [0.25, 0.3) is 0 Å². The fraction of sp³-hybridized carbons (Fsp3) is 0.419. The fourth-order valence-electron chi connectivity index (χ4n) is 4.99. The third-order valence-electron chi connectivity index (χ3n) is 7.51. The van der Waals surface area contributed by atoms with Gasteiger partial charge in [0.05, 0.1) is 31.2 Å². The molecule has 0 saturated carbocycles. The van der Waals surface area contributed by atoms with Gasteiger partial charge >= 0.3 is 0 Å². The Bertz CT molecular complexity index is 1230. The fourth-order valence-corrected chi connectivity index (χ4v) is 8.69. The molecule has 212 valence electrons. The Hall–Kier alpha value is -2.49. The summed E-state index contributed by atoms with van der Waals surface area (Å²) in [5.74, 6) is 0. The van der Waals surface area contributed by atoms with Crippen molar-refractivity contribution < 1.29 is 18.0 Å². The van der Waals surface area contributed by atoms with Gasteiger partial charge in [0.15, 0.2) is 8.32 Å². The second-order valence-corrected chi connectivity index (χ2v) is 16.8. The minimum absolute atomic E-state index is 0.0520. The second-order valence-electron chi connectivity index (χ2n) is 10.1. The summed E-state index contributed by atoms with van der Waals surface area (Å²) in [7, 11) is -5.53. The number of sulfonamides is 1. The van der Waals surface area contributed by atoms with Crippen molar-refractivity contribution in [1.29, 1.82) is 0 Å². The molecule has 3 rings (SSSR count). The zero-order chi connectivity index (χ0) is 28.3. The predicted molar refractivity (Wildman–Crippen MR) is 164 cm³/mol. The Kier molecular flexibility index (Phi) is 11.8. The van der Waals surface area contributed by atoms with Crippen LogP contribution in [0.3, 0.4) is 0 Å². The average molecular weight is 569 g/mol. The Morgan fingerprint density at radius 1 is 0.821 bits per heavy atom. The van der Waals surface area contributed by atoms with Gasteiger partial charge in [-0.1, -0.05) is 93.6 Å². The third-order valence-corrected chi connectivity index (χ3v) is 13.3. The molecule has 3 aromatic carbocycles. The number of aliphatic hydroxyl groups excluding tert-OH is 1. The van der Waals surface area contributed by atoms with Crippen LogP contribution in [0.25, 0.3) is 0 Å². The molecular formula is C31H44N2O4SSi. The van der Waals surface area contributed by atoms with E-state index in [4.69, 9.17) is 4.43 Å². The molecule has 0 fully saturated rings. The highest BCUT2D eigenvalue weighted by Gasteiger charge is 2.33. The summed E-state index contributed by atoms with van der Waals surface area (Å²) < 4.78 is 34.4. The number of hydrogen-bond acceptors (Lipinski definition) is 5. The lowest BCUT2D eigenvalue weighted by Gasteiger charge is -2.36. The second kappa shape index (κ2) is 14.8. The molecule has 0 bridgehead atoms. The third kappa shape index (κ3) is 9.01. The van der Waals surface area contributed by atoms with Crippen LogP contribution in [0, 0.1) is 0 Å². The highest BCUT2D eigenvalue weighted by Crippen LogP contribution is 2.33. The first-order chi connectivity index (χ1) is 18.7. The lowest BCUT2D eigenvalue weighted by molar-refractivity contribution is 0.104. The normalized spacial score (nSPS) is 13.0. The molecule has 0 heterocycles. The van der Waals surface area contributed by atoms with E-state index in [2.05, 4.69) is 37.8 Å². The number of benzene rings is 3. The smallest absolute Gasteiger partial charge is 0.232 e. The molecule has 0 aliphatic heterocycles. The minimum Gasteiger partial charge on any atom is -0.409 e. The number of aliphatic hydroxyl groups is 1. The van der Waals surface area contributed by atoms with Gasteiger partial charge in [-0.15, -0.1) is 0 Å². The first kappa shape index (κ1) is 31.0. The van der Waals surface area contributed by atoms with E-state index in [0.717, 1.165) is 29.3 Å². The van der Waals surface area contributed by atoms with E-state index in [-0.39, 0.29) is 19.3 Å². The molecule has 1 atom stereocenters. The van der Waals surface area contributed by atoms with Gasteiger partial charge in [0, 0.05) is 19.6 Å². The lowest BCUT2D eigenvalue weighted by Crippen LogP contribution is -2.41. The average Bonchev–Trinajstić information content (AvgIpc) is 2.95. The molecule has 1 unspecified atom stereocenters. The van der Waals surface area contributed by atoms with E-state index in [1.807, 2.05) is 72.8 Å². The highest BCUT2D eigenvalue weighted by molar-refractivity contribution is 7.92. The summed E-state index contributed by atoms with van der Waals surface area (Å²) in [6, 6.07) is 30.7. The summed E-state index contributed by atoms with van der Waals surface area (Å²) >= 11 is 0. The molecule has 0 aromatic heterocycles. The molecule has 1 N–H and O–H groups in total. The quantitative estimate of drug-likeness (QED) is 0.208. The minimum atomic E-state index is -3.52. The van der Waals surface area contributed by atoms with E-state index >= 15 is 0 Å². The molecule has 0 spiro atoms. The van der Waals surface area contributed by atoms with Gasteiger partial charge in [-0.05, 0) is 47.0 Å². The standard InChI is InChI=1S/C31H44N2O4SSi/c1-5-39(6-2,7-3)37-31(26-32(21-22-34)24-27-15-10-8-11-16-27)29-19-14-20-30(23-29)33(38(4,35)36)25-28-17-12-9-13-18-28/h8-20,23,31,34H,5-7,21-22,24-26H2,1-4H3. The van der Waals surface area contributed by atoms with Crippen LogP contribution in [0.1, 0.15) is 43.6 Å². The van der Waals surface area contributed by atoms with Crippen LogP contribution in [0.15, 0.2) is 84.9 Å². The molecule has 3 aromatic rings. The molecular weight excluding hydrogens is 525 g/mol. The van der Waals surface area contributed by atoms with Crippen molar-refractivity contribution in [1.82, 2.24) is 4.90 Å². The van der Waals surface area contributed by atoms with Crippen molar-refractivity contribution in [2.24, 2.45) is 0 Å². The van der Waals surface area contributed by atoms with Gasteiger partial charge < -0.3 is 9.53 Å². The first-order valence-corrected chi connectivity index (χ1v) is 18.3. The van der Waals surface area contributed by atoms with Crippen molar-refractivity contribution in [2.45, 2.75) is 58.1 Å². The largest absolute Gasteiger partial charge is 0.409 e. The monoisotopic (exact) mass is 568 g/mol. The van der Waals surface area contributed by atoms with E-state index < -0.39 is 18.3 Å². The maximum Gasteiger partial charge on any atom is 0.232 e. The number of nitrogens with zero attached hydrogens (tertiary/aromatic N) is 2. The van der Waals surface area contributed by atoms with E-state index in [0.29, 0.717) is 25.3 Å². The summed E-state index contributed by atoms with van der Waals surface area (Å²) in [6.07, 6.45) is 1.01. The first-order valence-electron chi connectivity index (χ1n) is 13.9. The van der Waals surface area contributed by atoms with Crippen molar-refractivity contribution in [3.63, 3.8) is 0 Å². The molecule has 0 aliphatic carbocycles. The van der Waals surface area contributed by atoms with Crippen LogP contribution in [0.4, 0.5) is 5.69 Å². The van der Waals surface area contributed by atoms with Gasteiger partial charge in [-0.25, -0.2) is 8.42 Å². The van der Waals surface area contributed by atoms with E-state index in [9.17, 15) is 13.5 Å². The molecule has 39 heavy (non-hydrogen) atoms. The summed E-state index contributed by atoms with van der Waals surface area (Å²) in [5.41, 5.74) is 3.68. The van der Waals surface area contributed by atoms with Crippen LogP contribution in [0.5, 0.6) is 0 Å². The van der Waals surface area contributed by atoms with Crippen LogP contribution in [-0.2, 0) is 27.5 Å². The molecule has 0 radical (unpaired) electrons. The lowest BCUT2D eigenvalue weighted by atomic mass is 10.1. The van der Waals surface area contributed by atoms with Crippen LogP contribution in [0.2, 0.25) is 18.1 Å². The molecule has 0 aliphatic rings. The van der Waals surface area contributed by atoms with Gasteiger partial charge in [-0.3, -0.25) is 9.21 Å². The molecule has 8 heteroatoms. The molecule has 0 saturated heterocycles. The zero-order valence-corrected chi connectivity index (χ0v) is 25.6. The summed E-state index contributed by atoms with van der Waals surface area (Å²) in [5, 5.41) is 9.87. The van der Waals surface area contributed by atoms with Crippen molar-refractivity contribution in [3.8, 4) is 0 Å². The Labute approximate surface area is 236 Å². The van der Waals surface area contributed by atoms with Gasteiger partial charge in [0.1, 0.15) is 0 Å². The zero-order valence-electron chi connectivity index (χ0n) is 23.8.